The minimum atomic E-state index is -0.525. The van der Waals surface area contributed by atoms with Gasteiger partial charge >= 0.3 is 0 Å². The fourth-order valence-corrected chi connectivity index (χ4v) is 11.0. The van der Waals surface area contributed by atoms with E-state index in [1.54, 1.807) is 0 Å². The van der Waals surface area contributed by atoms with Crippen molar-refractivity contribution >= 4 is 39.0 Å². The topological polar surface area (TPSA) is 16.4 Å². The zero-order valence-corrected chi connectivity index (χ0v) is 37.8. The molecule has 1 heterocycles. The van der Waals surface area contributed by atoms with Crippen molar-refractivity contribution in [1.82, 2.24) is 0 Å². The van der Waals surface area contributed by atoms with E-state index in [4.69, 9.17) is 4.42 Å². The number of hydrogen-bond acceptors (Lipinski definition) is 2. The maximum Gasteiger partial charge on any atom is 0.143 e. The van der Waals surface area contributed by atoms with Crippen LogP contribution in [0.2, 0.25) is 0 Å². The largest absolute Gasteiger partial charge is 0.455 e. The Balaban J connectivity index is 0.957. The van der Waals surface area contributed by atoms with Crippen molar-refractivity contribution in [2.24, 2.45) is 0 Å². The molecular formula is C67H45NO. The molecule has 0 atom stereocenters. The molecule has 0 fully saturated rings. The van der Waals surface area contributed by atoms with E-state index in [1.165, 1.54) is 55.6 Å². The van der Waals surface area contributed by atoms with Crippen molar-refractivity contribution in [1.29, 1.82) is 0 Å². The monoisotopic (exact) mass is 879 g/mol. The normalized spacial score (nSPS) is 12.5. The van der Waals surface area contributed by atoms with Gasteiger partial charge in [-0.3, -0.25) is 0 Å². The SMILES string of the molecule is c1ccc(-c2ccccc2-c2ccc(N(c3ccc(-c4ccc5oc6c(-c7ccccc7)cccc6c5c4)cc3)c3ccc4c(c3)C(c3ccccc3)(c3ccccc3)c3ccccc3-4)cc2)cc1. The summed E-state index contributed by atoms with van der Waals surface area (Å²) in [5.74, 6) is 0. The van der Waals surface area contributed by atoms with Gasteiger partial charge in [0.2, 0.25) is 0 Å². The lowest BCUT2D eigenvalue weighted by molar-refractivity contribution is 0.670. The van der Waals surface area contributed by atoms with Crippen molar-refractivity contribution in [3.8, 4) is 55.6 Å². The average molecular weight is 880 g/mol. The van der Waals surface area contributed by atoms with Crippen LogP contribution in [0, 0.1) is 0 Å². The van der Waals surface area contributed by atoms with Crippen molar-refractivity contribution in [2.75, 3.05) is 4.90 Å². The molecule has 0 N–H and O–H groups in total. The number of benzene rings is 11. The second kappa shape index (κ2) is 16.7. The summed E-state index contributed by atoms with van der Waals surface area (Å²) in [6.45, 7) is 0. The third kappa shape index (κ3) is 6.72. The Bertz CT molecular complexity index is 3760. The molecule has 0 bridgehead atoms. The maximum atomic E-state index is 6.56. The molecular weight excluding hydrogens is 835 g/mol. The van der Waals surface area contributed by atoms with Crippen LogP contribution in [0.4, 0.5) is 17.1 Å². The first-order valence-electron chi connectivity index (χ1n) is 23.7. The van der Waals surface area contributed by atoms with E-state index in [0.29, 0.717) is 0 Å². The number of hydrogen-bond donors (Lipinski definition) is 0. The fraction of sp³-hybridized carbons (Fsp3) is 0.0149. The first-order valence-corrected chi connectivity index (χ1v) is 23.7. The molecule has 0 unspecified atom stereocenters. The van der Waals surface area contributed by atoms with E-state index in [9.17, 15) is 0 Å². The summed E-state index contributed by atoms with van der Waals surface area (Å²) in [7, 11) is 0. The van der Waals surface area contributed by atoms with E-state index in [0.717, 1.165) is 61.3 Å². The number of furan rings is 1. The number of para-hydroxylation sites is 1. The Morgan fingerprint density at radius 2 is 0.739 bits per heavy atom. The van der Waals surface area contributed by atoms with Crippen molar-refractivity contribution in [2.45, 2.75) is 5.41 Å². The van der Waals surface area contributed by atoms with Crippen molar-refractivity contribution < 1.29 is 4.42 Å². The predicted molar refractivity (Wildman–Crippen MR) is 287 cm³/mol. The number of anilines is 3. The zero-order chi connectivity index (χ0) is 45.7. The molecule has 1 aliphatic rings. The Labute approximate surface area is 402 Å². The van der Waals surface area contributed by atoms with Gasteiger partial charge in [-0.05, 0) is 121 Å². The van der Waals surface area contributed by atoms with Gasteiger partial charge in [0.25, 0.3) is 0 Å². The highest BCUT2D eigenvalue weighted by molar-refractivity contribution is 6.10. The van der Waals surface area contributed by atoms with Crippen LogP contribution in [0.5, 0.6) is 0 Å². The minimum absolute atomic E-state index is 0.525. The van der Waals surface area contributed by atoms with Gasteiger partial charge in [-0.1, -0.05) is 224 Å². The third-order valence-electron chi connectivity index (χ3n) is 14.2. The summed E-state index contributed by atoms with van der Waals surface area (Å²) in [6.07, 6.45) is 0. The first-order chi connectivity index (χ1) is 34.2. The lowest BCUT2D eigenvalue weighted by atomic mass is 9.67. The molecule has 13 rings (SSSR count). The van der Waals surface area contributed by atoms with Crippen molar-refractivity contribution in [3.63, 3.8) is 0 Å². The van der Waals surface area contributed by atoms with Crippen LogP contribution >= 0.6 is 0 Å². The van der Waals surface area contributed by atoms with Gasteiger partial charge in [0.1, 0.15) is 11.2 Å². The molecule has 0 amide bonds. The highest BCUT2D eigenvalue weighted by Crippen LogP contribution is 2.57. The third-order valence-corrected chi connectivity index (χ3v) is 14.2. The molecule has 2 heteroatoms. The lowest BCUT2D eigenvalue weighted by Gasteiger charge is -2.35. The van der Waals surface area contributed by atoms with Gasteiger partial charge in [-0.15, -0.1) is 0 Å². The highest BCUT2D eigenvalue weighted by atomic mass is 16.3. The summed E-state index contributed by atoms with van der Waals surface area (Å²) >= 11 is 0. The fourth-order valence-electron chi connectivity index (χ4n) is 11.0. The van der Waals surface area contributed by atoms with Crippen LogP contribution in [0.3, 0.4) is 0 Å². The molecule has 1 aliphatic carbocycles. The summed E-state index contributed by atoms with van der Waals surface area (Å²) in [5, 5.41) is 2.23. The zero-order valence-electron chi connectivity index (χ0n) is 37.8. The molecule has 0 spiro atoms. The van der Waals surface area contributed by atoms with Crippen LogP contribution in [-0.4, -0.2) is 0 Å². The highest BCUT2D eigenvalue weighted by Gasteiger charge is 2.46. The van der Waals surface area contributed by atoms with Gasteiger partial charge in [0.15, 0.2) is 0 Å². The Kier molecular flexibility index (Phi) is 9.77. The lowest BCUT2D eigenvalue weighted by Crippen LogP contribution is -2.28. The molecule has 324 valence electrons. The Hall–Kier alpha value is -8.98. The number of fused-ring (bicyclic) bond motifs is 6. The van der Waals surface area contributed by atoms with E-state index in [-0.39, 0.29) is 0 Å². The van der Waals surface area contributed by atoms with Gasteiger partial charge < -0.3 is 9.32 Å². The molecule has 0 saturated heterocycles. The Morgan fingerprint density at radius 3 is 1.36 bits per heavy atom. The quantitative estimate of drug-likeness (QED) is 0.144. The van der Waals surface area contributed by atoms with E-state index in [1.807, 2.05) is 0 Å². The molecule has 12 aromatic rings. The second-order valence-corrected chi connectivity index (χ2v) is 18.0. The van der Waals surface area contributed by atoms with Crippen LogP contribution in [0.15, 0.2) is 277 Å². The summed E-state index contributed by atoms with van der Waals surface area (Å²) < 4.78 is 6.56. The predicted octanol–water partition coefficient (Wildman–Crippen LogP) is 18.1. The first kappa shape index (κ1) is 40.3. The van der Waals surface area contributed by atoms with Crippen LogP contribution in [0.25, 0.3) is 77.6 Å². The van der Waals surface area contributed by atoms with E-state index < -0.39 is 5.41 Å². The van der Waals surface area contributed by atoms with Gasteiger partial charge in [0.05, 0.1) is 5.41 Å². The van der Waals surface area contributed by atoms with Gasteiger partial charge in [-0.25, -0.2) is 0 Å². The molecule has 2 nitrogen and oxygen atoms in total. The molecule has 0 aliphatic heterocycles. The van der Waals surface area contributed by atoms with E-state index in [2.05, 4.69) is 278 Å². The van der Waals surface area contributed by atoms with E-state index >= 15 is 0 Å². The molecule has 0 radical (unpaired) electrons. The number of nitrogens with zero attached hydrogens (tertiary/aromatic N) is 1. The minimum Gasteiger partial charge on any atom is -0.455 e. The van der Waals surface area contributed by atoms with Crippen LogP contribution in [-0.2, 0) is 5.41 Å². The van der Waals surface area contributed by atoms with Gasteiger partial charge in [-0.2, -0.15) is 0 Å². The maximum absolute atomic E-state index is 6.56. The van der Waals surface area contributed by atoms with Gasteiger partial charge in [0, 0.05) is 33.4 Å². The summed E-state index contributed by atoms with van der Waals surface area (Å²) in [5.41, 5.74) is 21.4. The second-order valence-electron chi connectivity index (χ2n) is 18.0. The molecule has 69 heavy (non-hydrogen) atoms. The number of rotatable bonds is 9. The van der Waals surface area contributed by atoms with Crippen molar-refractivity contribution in [3.05, 3.63) is 295 Å². The summed E-state index contributed by atoms with van der Waals surface area (Å²) in [6, 6.07) is 99.2. The van der Waals surface area contributed by atoms with Crippen LogP contribution < -0.4 is 4.90 Å². The molecule has 1 aromatic heterocycles. The molecule has 0 saturated carbocycles. The Morgan fingerprint density at radius 1 is 0.275 bits per heavy atom. The average Bonchev–Trinajstić information content (AvgIpc) is 3.96. The smallest absolute Gasteiger partial charge is 0.143 e. The van der Waals surface area contributed by atoms with Crippen LogP contribution in [0.1, 0.15) is 22.3 Å². The summed E-state index contributed by atoms with van der Waals surface area (Å²) in [4.78, 5) is 2.42. The molecule has 11 aromatic carbocycles. The standard InChI is InChI=1S/C67H45NO/c1-5-18-47(19-6-1)56-26-13-14-27-57(56)49-34-39-54(40-35-49)68(53-37-32-46(33-38-53)50-36-43-65-62(44-50)61-30-17-29-58(66(61)69-65)48-20-7-2-8-21-48)55-41-42-60-59-28-15-16-31-63(59)67(64(60)45-55,51-22-9-3-10-23-51)52-24-11-4-12-25-52/h1-45H.